The highest BCUT2D eigenvalue weighted by molar-refractivity contribution is 9.11. The van der Waals surface area contributed by atoms with E-state index in [4.69, 9.17) is 4.74 Å². The molecule has 2 aliphatic rings. The molecule has 19 heavy (non-hydrogen) atoms. The molecule has 7 heteroatoms. The molecule has 0 spiro atoms. The minimum atomic E-state index is -0.925. The molecule has 0 fully saturated rings. The fourth-order valence-corrected chi connectivity index (χ4v) is 2.39. The number of aliphatic imine (C=N–C) groups is 1. The maximum Gasteiger partial charge on any atom is 0.317 e. The molecule has 0 saturated carbocycles. The second kappa shape index (κ2) is 4.43. The summed E-state index contributed by atoms with van der Waals surface area (Å²) in [6, 6.07) is 0. The smallest absolute Gasteiger partial charge is 0.317 e. The number of nitrogens with one attached hydrogen (secondary N) is 1. The lowest BCUT2D eigenvalue weighted by Crippen LogP contribution is -2.45. The molecule has 0 saturated heterocycles. The number of hydroxylamine groups is 3. The summed E-state index contributed by atoms with van der Waals surface area (Å²) < 4.78 is 4.45. The highest BCUT2D eigenvalue weighted by Crippen LogP contribution is 2.38. The summed E-state index contributed by atoms with van der Waals surface area (Å²) in [6.45, 7) is 5.71. The summed E-state index contributed by atoms with van der Waals surface area (Å²) in [7, 11) is 1.33. The standard InChI is InChI=1S/C12H16BrN3O3/c1-7-5-14-11-15-8(6-16(11,18)9(7)13)12(2,3)10(17)19-4/h6H,5H2,1-4H3,(H,14,15). The number of quaternary nitrogens is 1. The van der Waals surface area contributed by atoms with Crippen molar-refractivity contribution in [2.24, 2.45) is 10.4 Å². The molecule has 0 radical (unpaired) electrons. The summed E-state index contributed by atoms with van der Waals surface area (Å²) in [5.41, 5.74) is 0.444. The first-order chi connectivity index (χ1) is 8.73. The molecule has 0 aromatic heterocycles. The molecule has 0 bridgehead atoms. The second-order valence-electron chi connectivity index (χ2n) is 5.15. The average Bonchev–Trinajstić information content (AvgIpc) is 2.73. The Bertz CT molecular complexity index is 536. The molecule has 1 unspecified atom stereocenters. The average molecular weight is 330 g/mol. The van der Waals surface area contributed by atoms with E-state index in [9.17, 15) is 10.0 Å². The molecule has 2 rings (SSSR count). The molecule has 1 N–H and O–H groups in total. The van der Waals surface area contributed by atoms with Crippen LogP contribution in [0.15, 0.2) is 27.1 Å². The van der Waals surface area contributed by atoms with Crippen molar-refractivity contribution in [1.82, 2.24) is 5.32 Å². The quantitative estimate of drug-likeness (QED) is 0.363. The van der Waals surface area contributed by atoms with E-state index in [2.05, 4.69) is 26.2 Å². The largest absolute Gasteiger partial charge is 0.614 e. The van der Waals surface area contributed by atoms with Crippen LogP contribution in [-0.2, 0) is 9.53 Å². The summed E-state index contributed by atoms with van der Waals surface area (Å²) in [5.74, 6) is -0.139. The van der Waals surface area contributed by atoms with Crippen molar-refractivity contribution in [2.75, 3.05) is 13.7 Å². The molecule has 2 heterocycles. The van der Waals surface area contributed by atoms with Crippen LogP contribution in [0.1, 0.15) is 20.8 Å². The Balaban J connectivity index is 2.44. The molecular formula is C12H16BrN3O3. The van der Waals surface area contributed by atoms with Gasteiger partial charge in [0.25, 0.3) is 0 Å². The summed E-state index contributed by atoms with van der Waals surface area (Å²) >= 11 is 3.32. The maximum atomic E-state index is 12.8. The number of carbonyl (C=O) groups is 1. The zero-order valence-corrected chi connectivity index (χ0v) is 12.9. The van der Waals surface area contributed by atoms with Crippen molar-refractivity contribution in [3.8, 4) is 0 Å². The Morgan fingerprint density at radius 1 is 1.63 bits per heavy atom. The van der Waals surface area contributed by atoms with Crippen LogP contribution in [0.3, 0.4) is 0 Å². The van der Waals surface area contributed by atoms with Gasteiger partial charge < -0.3 is 9.94 Å². The normalized spacial score (nSPS) is 26.4. The Morgan fingerprint density at radius 2 is 2.26 bits per heavy atom. The number of ether oxygens (including phenoxy) is 1. The number of hydrogen-bond acceptors (Lipinski definition) is 5. The summed E-state index contributed by atoms with van der Waals surface area (Å²) in [4.78, 5) is 16.0. The van der Waals surface area contributed by atoms with Gasteiger partial charge in [0.15, 0.2) is 4.61 Å². The highest BCUT2D eigenvalue weighted by atomic mass is 79.9. The first-order valence-electron chi connectivity index (χ1n) is 5.83. The van der Waals surface area contributed by atoms with Crippen LogP contribution in [0, 0.1) is 10.6 Å². The number of hydrogen-bond donors (Lipinski definition) is 1. The summed E-state index contributed by atoms with van der Waals surface area (Å²) in [5, 5.41) is 15.8. The monoisotopic (exact) mass is 329 g/mol. The first kappa shape index (κ1) is 14.2. The van der Waals surface area contributed by atoms with Crippen molar-refractivity contribution < 1.29 is 14.2 Å². The number of guanidine groups is 1. The number of nitrogens with zero attached hydrogens (tertiary/aromatic N) is 2. The van der Waals surface area contributed by atoms with Gasteiger partial charge in [-0.1, -0.05) is 0 Å². The predicted molar refractivity (Wildman–Crippen MR) is 74.6 cm³/mol. The van der Waals surface area contributed by atoms with E-state index >= 15 is 0 Å². The highest BCUT2D eigenvalue weighted by Gasteiger charge is 2.46. The first-order valence-corrected chi connectivity index (χ1v) is 6.62. The van der Waals surface area contributed by atoms with Crippen LogP contribution in [0.4, 0.5) is 0 Å². The predicted octanol–water partition coefficient (Wildman–Crippen LogP) is 1.94. The van der Waals surface area contributed by atoms with Crippen molar-refractivity contribution in [3.63, 3.8) is 0 Å². The SMILES string of the molecule is COC(=O)C(C)(C)C1=C[N+]2([O-])C(=NCC(C)=C2Br)N1. The molecule has 0 amide bonds. The van der Waals surface area contributed by atoms with Crippen molar-refractivity contribution in [1.29, 1.82) is 0 Å². The minimum Gasteiger partial charge on any atom is -0.614 e. The number of carbonyl (C=O) groups excluding carboxylic acids is 1. The molecule has 0 aromatic rings. The van der Waals surface area contributed by atoms with E-state index in [0.717, 1.165) is 5.57 Å². The van der Waals surface area contributed by atoms with Gasteiger partial charge in [-0.05, 0) is 20.8 Å². The Hall–Kier alpha value is -1.18. The van der Waals surface area contributed by atoms with Gasteiger partial charge in [0, 0.05) is 21.5 Å². The van der Waals surface area contributed by atoms with Crippen LogP contribution in [-0.4, -0.2) is 30.2 Å². The van der Waals surface area contributed by atoms with E-state index < -0.39 is 16.0 Å². The lowest BCUT2D eigenvalue weighted by Gasteiger charge is -2.35. The molecule has 0 aliphatic carbocycles. The fourth-order valence-electron chi connectivity index (χ4n) is 2.00. The number of methoxy groups -OCH3 is 1. The molecule has 104 valence electrons. The summed E-state index contributed by atoms with van der Waals surface area (Å²) in [6.07, 6.45) is 1.45. The van der Waals surface area contributed by atoms with Gasteiger partial charge in [-0.15, -0.1) is 0 Å². The van der Waals surface area contributed by atoms with Gasteiger partial charge in [-0.25, -0.2) is 9.64 Å². The van der Waals surface area contributed by atoms with Gasteiger partial charge in [0.2, 0.25) is 0 Å². The van der Waals surface area contributed by atoms with Gasteiger partial charge in [0.1, 0.15) is 11.6 Å². The minimum absolute atomic E-state index is 0.268. The van der Waals surface area contributed by atoms with Crippen LogP contribution < -0.4 is 5.32 Å². The van der Waals surface area contributed by atoms with E-state index in [-0.39, 0.29) is 5.96 Å². The third-order valence-corrected chi connectivity index (χ3v) is 4.55. The number of halogens is 1. The number of fused-ring (bicyclic) bond motifs is 1. The number of esters is 1. The van der Waals surface area contributed by atoms with Crippen LogP contribution in [0.5, 0.6) is 0 Å². The van der Waals surface area contributed by atoms with Crippen LogP contribution >= 0.6 is 15.9 Å². The second-order valence-corrected chi connectivity index (χ2v) is 5.90. The van der Waals surface area contributed by atoms with Gasteiger partial charge in [0.05, 0.1) is 19.4 Å². The van der Waals surface area contributed by atoms with E-state index in [1.807, 2.05) is 6.92 Å². The van der Waals surface area contributed by atoms with E-state index in [0.29, 0.717) is 16.8 Å². The van der Waals surface area contributed by atoms with Gasteiger partial charge in [-0.2, -0.15) is 0 Å². The van der Waals surface area contributed by atoms with E-state index in [1.54, 1.807) is 13.8 Å². The molecule has 1 atom stereocenters. The molecule has 6 nitrogen and oxygen atoms in total. The lowest BCUT2D eigenvalue weighted by molar-refractivity contribution is -0.677. The van der Waals surface area contributed by atoms with Crippen molar-refractivity contribution >= 4 is 27.9 Å². The Labute approximate surface area is 120 Å². The topological polar surface area (TPSA) is 73.8 Å². The zero-order valence-electron chi connectivity index (χ0n) is 11.3. The number of rotatable bonds is 2. The van der Waals surface area contributed by atoms with Gasteiger partial charge >= 0.3 is 11.9 Å². The third-order valence-electron chi connectivity index (χ3n) is 3.35. The van der Waals surface area contributed by atoms with Crippen molar-refractivity contribution in [3.05, 3.63) is 27.3 Å². The molecule has 2 aliphatic heterocycles. The third kappa shape index (κ3) is 2.01. The van der Waals surface area contributed by atoms with Crippen LogP contribution in [0.2, 0.25) is 0 Å². The maximum absolute atomic E-state index is 12.8. The lowest BCUT2D eigenvalue weighted by atomic mass is 9.90. The van der Waals surface area contributed by atoms with Crippen molar-refractivity contribution in [2.45, 2.75) is 20.8 Å². The molecule has 0 aromatic carbocycles. The van der Waals surface area contributed by atoms with E-state index in [1.165, 1.54) is 13.3 Å². The molecular weight excluding hydrogens is 314 g/mol. The zero-order chi connectivity index (χ0) is 14.4. The fraction of sp³-hybridized carbons (Fsp3) is 0.500. The Morgan fingerprint density at radius 3 is 2.84 bits per heavy atom. The van der Waals surface area contributed by atoms with Crippen LogP contribution in [0.25, 0.3) is 0 Å². The van der Waals surface area contributed by atoms with Gasteiger partial charge in [-0.3, -0.25) is 10.1 Å². The Kier molecular flexibility index (Phi) is 3.32.